The molecule has 0 aliphatic heterocycles. The summed E-state index contributed by atoms with van der Waals surface area (Å²) in [7, 11) is 0. The molecule has 1 N–H and O–H groups in total. The van der Waals surface area contributed by atoms with Gasteiger partial charge in [0.05, 0.1) is 33.6 Å². The number of hydrogen-bond acceptors (Lipinski definition) is 3. The van der Waals surface area contributed by atoms with Crippen LogP contribution in [0, 0.1) is 12.7 Å². The van der Waals surface area contributed by atoms with Crippen molar-refractivity contribution in [3.63, 3.8) is 0 Å². The molecule has 0 saturated heterocycles. The number of benzene rings is 2. The fourth-order valence-electron chi connectivity index (χ4n) is 3.33. The smallest absolute Gasteiger partial charge is 0.419 e. The maximum Gasteiger partial charge on any atom is 0.419 e. The SMILES string of the molecule is Cc1nn(-c2cc(C(F)(F)F)cc(C(F)(F)F)c2)c(O)c1C(=O)c1cc(C(F)(F)F)c(F)c(C(F)(F)F)c1.[Mn]. The molecule has 3 rings (SSSR count). The van der Waals surface area contributed by atoms with Crippen molar-refractivity contribution in [1.82, 2.24) is 9.78 Å². The number of carbonyl (C=O) groups is 1. The zero-order valence-corrected chi connectivity index (χ0v) is 19.6. The van der Waals surface area contributed by atoms with Crippen LogP contribution in [0.1, 0.15) is 43.9 Å². The number of rotatable bonds is 3. The number of ketones is 1. The molecule has 2 aromatic carbocycles. The molecule has 4 nitrogen and oxygen atoms in total. The van der Waals surface area contributed by atoms with Gasteiger partial charge in [-0.2, -0.15) is 57.8 Å². The summed E-state index contributed by atoms with van der Waals surface area (Å²) < 4.78 is 172. The van der Waals surface area contributed by atoms with E-state index in [2.05, 4.69) is 5.10 Å². The molecule has 3 aromatic rings. The second-order valence-corrected chi connectivity index (χ2v) is 7.67. The Bertz CT molecular complexity index is 1350. The van der Waals surface area contributed by atoms with Crippen LogP contribution < -0.4 is 0 Å². The maximum absolute atomic E-state index is 14.0. The Morgan fingerprint density at radius 1 is 0.744 bits per heavy atom. The molecule has 0 aliphatic carbocycles. The van der Waals surface area contributed by atoms with E-state index in [0.29, 0.717) is 0 Å². The van der Waals surface area contributed by atoms with Crippen LogP contribution in [0.5, 0.6) is 5.88 Å². The molecule has 213 valence electrons. The van der Waals surface area contributed by atoms with Gasteiger partial charge in [-0.05, 0) is 37.3 Å². The predicted octanol–water partition coefficient (Wildman–Crippen LogP) is 7.33. The molecule has 0 atom stereocenters. The van der Waals surface area contributed by atoms with Crippen LogP contribution in [0.3, 0.4) is 0 Å². The summed E-state index contributed by atoms with van der Waals surface area (Å²) >= 11 is 0. The summed E-state index contributed by atoms with van der Waals surface area (Å²) in [6, 6.07) is -0.669. The van der Waals surface area contributed by atoms with Crippen molar-refractivity contribution in [3.8, 4) is 11.6 Å². The van der Waals surface area contributed by atoms with Crippen molar-refractivity contribution in [2.75, 3.05) is 0 Å². The molecular formula is C21H9F13MnN2O2. The van der Waals surface area contributed by atoms with E-state index >= 15 is 0 Å². The number of aryl methyl sites for hydroxylation is 1. The Morgan fingerprint density at radius 2 is 1.15 bits per heavy atom. The van der Waals surface area contributed by atoms with Crippen molar-refractivity contribution in [2.24, 2.45) is 0 Å². The van der Waals surface area contributed by atoms with Crippen molar-refractivity contribution in [2.45, 2.75) is 31.6 Å². The molecular weight excluding hydrogens is 614 g/mol. The first-order valence-electron chi connectivity index (χ1n) is 9.64. The summed E-state index contributed by atoms with van der Waals surface area (Å²) in [5.74, 6) is -6.07. The molecule has 0 spiro atoms. The van der Waals surface area contributed by atoms with Crippen LogP contribution in [0.4, 0.5) is 57.1 Å². The average molecular weight is 623 g/mol. The normalized spacial score (nSPS) is 12.9. The van der Waals surface area contributed by atoms with Crippen molar-refractivity contribution >= 4 is 5.78 Å². The van der Waals surface area contributed by atoms with Crippen LogP contribution >= 0.6 is 0 Å². The van der Waals surface area contributed by atoms with E-state index in [1.165, 1.54) is 0 Å². The molecule has 0 unspecified atom stereocenters. The van der Waals surface area contributed by atoms with Crippen molar-refractivity contribution in [1.29, 1.82) is 0 Å². The summed E-state index contributed by atoms with van der Waals surface area (Å²) in [6.07, 6.45) is -22.1. The van der Waals surface area contributed by atoms with E-state index in [1.54, 1.807) is 0 Å². The van der Waals surface area contributed by atoms with Crippen molar-refractivity contribution in [3.05, 3.63) is 75.2 Å². The topological polar surface area (TPSA) is 55.1 Å². The zero-order chi connectivity index (χ0) is 29.2. The number of aromatic hydroxyl groups is 1. The summed E-state index contributed by atoms with van der Waals surface area (Å²) in [5, 5.41) is 13.8. The number of halogens is 13. The molecule has 0 fully saturated rings. The van der Waals surface area contributed by atoms with Gasteiger partial charge in [0.25, 0.3) is 0 Å². The third kappa shape index (κ3) is 6.32. The average Bonchev–Trinajstić information content (AvgIpc) is 3.04. The van der Waals surface area contributed by atoms with Gasteiger partial charge in [0, 0.05) is 22.6 Å². The van der Waals surface area contributed by atoms with Gasteiger partial charge in [-0.3, -0.25) is 4.79 Å². The minimum absolute atomic E-state index is 0. The summed E-state index contributed by atoms with van der Waals surface area (Å²) in [5.41, 5.74) is -13.1. The van der Waals surface area contributed by atoms with Crippen LogP contribution in [0.15, 0.2) is 30.3 Å². The molecule has 0 amide bonds. The minimum atomic E-state index is -5.71. The van der Waals surface area contributed by atoms with E-state index < -0.39 is 86.9 Å². The molecule has 1 aromatic heterocycles. The van der Waals surface area contributed by atoms with Crippen LogP contribution in [0.25, 0.3) is 5.69 Å². The Hall–Kier alpha value is -3.27. The molecule has 1 radical (unpaired) electrons. The number of hydrogen-bond donors (Lipinski definition) is 1. The molecule has 18 heteroatoms. The standard InChI is InChI=1S/C21H9F13N2O2.Mn/c1-7-14(16(37)8-2-12(20(29,30)31)15(22)13(3-8)21(32,33)34)17(38)36(35-7)11-5-9(18(23,24)25)4-10(6-11)19(26,27)28;/h2-6,38H,1H3;. The fraction of sp³-hybridized carbons (Fsp3) is 0.238. The fourth-order valence-corrected chi connectivity index (χ4v) is 3.33. The van der Waals surface area contributed by atoms with Crippen LogP contribution in [0.2, 0.25) is 0 Å². The van der Waals surface area contributed by atoms with Gasteiger partial charge in [0.1, 0.15) is 11.4 Å². The number of aromatic nitrogens is 2. The van der Waals surface area contributed by atoms with E-state index in [1.807, 2.05) is 0 Å². The summed E-state index contributed by atoms with van der Waals surface area (Å²) in [4.78, 5) is 12.8. The minimum Gasteiger partial charge on any atom is -0.493 e. The van der Waals surface area contributed by atoms with E-state index in [0.717, 1.165) is 6.92 Å². The van der Waals surface area contributed by atoms with Gasteiger partial charge >= 0.3 is 24.7 Å². The van der Waals surface area contributed by atoms with Gasteiger partial charge < -0.3 is 5.11 Å². The number of nitrogens with zero attached hydrogens (tertiary/aromatic N) is 2. The van der Waals surface area contributed by atoms with Crippen LogP contribution in [-0.2, 0) is 41.8 Å². The van der Waals surface area contributed by atoms with Gasteiger partial charge in [0.2, 0.25) is 5.88 Å². The molecule has 0 bridgehead atoms. The third-order valence-electron chi connectivity index (χ3n) is 5.03. The predicted molar refractivity (Wildman–Crippen MR) is 99.8 cm³/mol. The van der Waals surface area contributed by atoms with Gasteiger partial charge in [0.15, 0.2) is 5.78 Å². The van der Waals surface area contributed by atoms with E-state index in [9.17, 15) is 67.0 Å². The van der Waals surface area contributed by atoms with Crippen LogP contribution in [-0.4, -0.2) is 20.7 Å². The first-order chi connectivity index (χ1) is 17.0. The first-order valence-corrected chi connectivity index (χ1v) is 9.64. The molecule has 0 aliphatic rings. The van der Waals surface area contributed by atoms with Gasteiger partial charge in [-0.25, -0.2) is 9.07 Å². The quantitative estimate of drug-likeness (QED) is 0.189. The third-order valence-corrected chi connectivity index (χ3v) is 5.03. The Balaban J connectivity index is 0.00000533. The molecule has 0 saturated carbocycles. The monoisotopic (exact) mass is 623 g/mol. The largest absolute Gasteiger partial charge is 0.493 e. The Morgan fingerprint density at radius 3 is 1.51 bits per heavy atom. The first kappa shape index (κ1) is 31.9. The van der Waals surface area contributed by atoms with E-state index in [4.69, 9.17) is 0 Å². The second kappa shape index (κ2) is 10.0. The summed E-state index contributed by atoms with van der Waals surface area (Å²) in [6.45, 7) is 0.834. The van der Waals surface area contributed by atoms with E-state index in [-0.39, 0.29) is 52.1 Å². The maximum atomic E-state index is 14.0. The Kier molecular flexibility index (Phi) is 8.22. The number of carbonyl (C=O) groups excluding carboxylic acids is 1. The zero-order valence-electron chi connectivity index (χ0n) is 18.4. The van der Waals surface area contributed by atoms with Gasteiger partial charge in [-0.1, -0.05) is 0 Å². The van der Waals surface area contributed by atoms with Gasteiger partial charge in [-0.15, -0.1) is 0 Å². The molecule has 1 heterocycles. The number of alkyl halides is 12. The second-order valence-electron chi connectivity index (χ2n) is 7.67. The molecule has 39 heavy (non-hydrogen) atoms. The van der Waals surface area contributed by atoms with Crippen molar-refractivity contribution < 1.29 is 84.0 Å². The Labute approximate surface area is 218 Å².